The van der Waals surface area contributed by atoms with Crippen molar-refractivity contribution in [3.63, 3.8) is 0 Å². The molecule has 0 atom stereocenters. The maximum Gasteiger partial charge on any atom is 0.252 e. The van der Waals surface area contributed by atoms with Crippen LogP contribution in [0.4, 0.5) is 0 Å². The van der Waals surface area contributed by atoms with Crippen molar-refractivity contribution in [1.29, 1.82) is 0 Å². The van der Waals surface area contributed by atoms with Gasteiger partial charge in [0.2, 0.25) is 0 Å². The highest BCUT2D eigenvalue weighted by Crippen LogP contribution is 2.27. The SMILES string of the molecule is CCC(CC)(CN)NC(=O)c1cc(-c2ccco2)nc2c1cnn2C(C)C.Cl.Cl. The first kappa shape index (κ1) is 24.9. The molecule has 0 aliphatic rings. The molecule has 29 heavy (non-hydrogen) atoms. The van der Waals surface area contributed by atoms with Gasteiger partial charge in [-0.2, -0.15) is 5.10 Å². The van der Waals surface area contributed by atoms with Crippen LogP contribution in [0.25, 0.3) is 22.5 Å². The summed E-state index contributed by atoms with van der Waals surface area (Å²) in [5.41, 5.74) is 7.33. The maximum absolute atomic E-state index is 13.2. The largest absolute Gasteiger partial charge is 0.463 e. The van der Waals surface area contributed by atoms with Gasteiger partial charge in [0.15, 0.2) is 11.4 Å². The lowest BCUT2D eigenvalue weighted by Crippen LogP contribution is -2.52. The van der Waals surface area contributed by atoms with Crippen molar-refractivity contribution in [2.45, 2.75) is 52.1 Å². The van der Waals surface area contributed by atoms with Crippen LogP contribution < -0.4 is 11.1 Å². The minimum atomic E-state index is -0.425. The van der Waals surface area contributed by atoms with Gasteiger partial charge in [-0.15, -0.1) is 24.8 Å². The fourth-order valence-corrected chi connectivity index (χ4v) is 3.21. The lowest BCUT2D eigenvalue weighted by Gasteiger charge is -2.31. The van der Waals surface area contributed by atoms with Crippen molar-refractivity contribution >= 4 is 41.8 Å². The molecule has 1 amide bonds. The van der Waals surface area contributed by atoms with Crippen molar-refractivity contribution in [2.75, 3.05) is 6.54 Å². The van der Waals surface area contributed by atoms with Gasteiger partial charge in [0.05, 0.1) is 28.9 Å². The van der Waals surface area contributed by atoms with E-state index in [-0.39, 0.29) is 36.8 Å². The Labute approximate surface area is 183 Å². The summed E-state index contributed by atoms with van der Waals surface area (Å²) in [5.74, 6) is 0.436. The van der Waals surface area contributed by atoms with Crippen LogP contribution in [0.1, 0.15) is 56.9 Å². The number of nitrogens with zero attached hydrogens (tertiary/aromatic N) is 3. The van der Waals surface area contributed by atoms with Crippen LogP contribution in [0, 0.1) is 0 Å². The Hall–Kier alpha value is -2.09. The number of nitrogens with one attached hydrogen (secondary N) is 1. The summed E-state index contributed by atoms with van der Waals surface area (Å²) in [6.45, 7) is 8.51. The Morgan fingerprint density at radius 1 is 1.31 bits per heavy atom. The third kappa shape index (κ3) is 4.74. The van der Waals surface area contributed by atoms with Gasteiger partial charge in [-0.25, -0.2) is 9.67 Å². The molecule has 0 bridgehead atoms. The average Bonchev–Trinajstić information content (AvgIpc) is 3.34. The second kappa shape index (κ2) is 10.1. The van der Waals surface area contributed by atoms with Crippen LogP contribution in [0.2, 0.25) is 0 Å². The van der Waals surface area contributed by atoms with Gasteiger partial charge >= 0.3 is 0 Å². The molecule has 0 unspecified atom stereocenters. The molecule has 0 aliphatic carbocycles. The van der Waals surface area contributed by atoms with Crippen LogP contribution in [0.3, 0.4) is 0 Å². The normalized spacial score (nSPS) is 11.2. The lowest BCUT2D eigenvalue weighted by molar-refractivity contribution is 0.0897. The predicted molar refractivity (Wildman–Crippen MR) is 120 cm³/mol. The summed E-state index contributed by atoms with van der Waals surface area (Å²) in [6, 6.07) is 5.50. The number of carbonyl (C=O) groups excluding carboxylic acids is 1. The number of halogens is 2. The zero-order valence-electron chi connectivity index (χ0n) is 17.1. The third-order valence-electron chi connectivity index (χ3n) is 5.20. The van der Waals surface area contributed by atoms with E-state index in [0.29, 0.717) is 29.2 Å². The van der Waals surface area contributed by atoms with E-state index in [1.807, 2.05) is 38.4 Å². The number of furan rings is 1. The average molecular weight is 442 g/mol. The second-order valence-electron chi connectivity index (χ2n) is 7.10. The molecule has 3 aromatic rings. The van der Waals surface area contributed by atoms with E-state index in [1.165, 1.54) is 0 Å². The van der Waals surface area contributed by atoms with E-state index in [4.69, 9.17) is 15.1 Å². The molecule has 0 radical (unpaired) electrons. The summed E-state index contributed by atoms with van der Waals surface area (Å²) in [6.07, 6.45) is 4.81. The van der Waals surface area contributed by atoms with E-state index in [1.54, 1.807) is 24.6 Å². The third-order valence-corrected chi connectivity index (χ3v) is 5.20. The van der Waals surface area contributed by atoms with Gasteiger partial charge < -0.3 is 15.5 Å². The summed E-state index contributed by atoms with van der Waals surface area (Å²) in [4.78, 5) is 17.9. The van der Waals surface area contributed by atoms with Gasteiger partial charge in [-0.3, -0.25) is 4.79 Å². The highest BCUT2D eigenvalue weighted by atomic mass is 35.5. The zero-order chi connectivity index (χ0) is 19.6. The maximum atomic E-state index is 13.2. The Morgan fingerprint density at radius 3 is 2.52 bits per heavy atom. The number of aromatic nitrogens is 3. The zero-order valence-corrected chi connectivity index (χ0v) is 18.8. The summed E-state index contributed by atoms with van der Waals surface area (Å²) < 4.78 is 7.31. The van der Waals surface area contributed by atoms with Crippen molar-refractivity contribution in [3.8, 4) is 11.5 Å². The van der Waals surface area contributed by atoms with Crippen molar-refractivity contribution < 1.29 is 9.21 Å². The second-order valence-corrected chi connectivity index (χ2v) is 7.10. The first-order valence-electron chi connectivity index (χ1n) is 9.39. The number of fused-ring (bicyclic) bond motifs is 1. The highest BCUT2D eigenvalue weighted by molar-refractivity contribution is 6.06. The fraction of sp³-hybridized carbons (Fsp3) is 0.450. The quantitative estimate of drug-likeness (QED) is 0.566. The van der Waals surface area contributed by atoms with Crippen molar-refractivity contribution in [2.24, 2.45) is 5.73 Å². The predicted octanol–water partition coefficient (Wildman–Crippen LogP) is 4.36. The number of hydrogen-bond donors (Lipinski definition) is 2. The number of pyridine rings is 1. The van der Waals surface area contributed by atoms with Crippen LogP contribution >= 0.6 is 24.8 Å². The molecular formula is C20H29Cl2N5O2. The first-order chi connectivity index (χ1) is 12.9. The van der Waals surface area contributed by atoms with Crippen LogP contribution in [0.15, 0.2) is 35.1 Å². The Bertz CT molecular complexity index is 926. The minimum absolute atomic E-state index is 0. The Balaban J connectivity index is 0.00000210. The van der Waals surface area contributed by atoms with E-state index in [2.05, 4.69) is 10.4 Å². The molecule has 0 saturated carbocycles. The smallest absolute Gasteiger partial charge is 0.252 e. The lowest BCUT2D eigenvalue weighted by atomic mass is 9.92. The Morgan fingerprint density at radius 2 is 2.00 bits per heavy atom. The highest BCUT2D eigenvalue weighted by Gasteiger charge is 2.28. The van der Waals surface area contributed by atoms with Crippen molar-refractivity contribution in [3.05, 3.63) is 36.2 Å². The molecule has 3 aromatic heterocycles. The van der Waals surface area contributed by atoms with E-state index in [0.717, 1.165) is 18.2 Å². The molecule has 0 fully saturated rings. The molecule has 7 nitrogen and oxygen atoms in total. The molecule has 3 rings (SSSR count). The molecule has 3 N–H and O–H groups in total. The van der Waals surface area contributed by atoms with E-state index in [9.17, 15) is 4.79 Å². The number of nitrogens with two attached hydrogens (primary N) is 1. The molecule has 0 aromatic carbocycles. The van der Waals surface area contributed by atoms with Crippen LogP contribution in [-0.4, -0.2) is 32.8 Å². The monoisotopic (exact) mass is 441 g/mol. The van der Waals surface area contributed by atoms with Gasteiger partial charge in [0.1, 0.15) is 5.69 Å². The van der Waals surface area contributed by atoms with Crippen molar-refractivity contribution in [1.82, 2.24) is 20.1 Å². The molecule has 0 saturated heterocycles. The standard InChI is InChI=1S/C20H27N5O2.2ClH/c1-5-20(6-2,12-21)24-19(26)14-10-16(17-8-7-9-27-17)23-18-15(14)11-22-25(18)13(3)4;;/h7-11,13H,5-6,12,21H2,1-4H3,(H,24,26);2*1H. The van der Waals surface area contributed by atoms with Gasteiger partial charge in [-0.1, -0.05) is 13.8 Å². The Kier molecular flexibility index (Phi) is 8.68. The molecular weight excluding hydrogens is 413 g/mol. The first-order valence-corrected chi connectivity index (χ1v) is 9.39. The number of hydrogen-bond acceptors (Lipinski definition) is 5. The van der Waals surface area contributed by atoms with Crippen LogP contribution in [-0.2, 0) is 0 Å². The molecule has 160 valence electrons. The minimum Gasteiger partial charge on any atom is -0.463 e. The van der Waals surface area contributed by atoms with E-state index >= 15 is 0 Å². The molecule has 0 aliphatic heterocycles. The summed E-state index contributed by atoms with van der Waals surface area (Å²) in [5, 5.41) is 8.29. The number of amides is 1. The topological polar surface area (TPSA) is 99.0 Å². The number of rotatable bonds is 7. The summed E-state index contributed by atoms with van der Waals surface area (Å²) in [7, 11) is 0. The van der Waals surface area contributed by atoms with Crippen LogP contribution in [0.5, 0.6) is 0 Å². The molecule has 9 heteroatoms. The van der Waals surface area contributed by atoms with E-state index < -0.39 is 5.54 Å². The van der Waals surface area contributed by atoms with Gasteiger partial charge in [-0.05, 0) is 44.9 Å². The molecule has 3 heterocycles. The summed E-state index contributed by atoms with van der Waals surface area (Å²) >= 11 is 0. The van der Waals surface area contributed by atoms with Gasteiger partial charge in [0, 0.05) is 12.6 Å². The fourth-order valence-electron chi connectivity index (χ4n) is 3.21. The molecule has 0 spiro atoms. The number of carbonyl (C=O) groups is 1. The van der Waals surface area contributed by atoms with Gasteiger partial charge in [0.25, 0.3) is 5.91 Å².